The molecule has 192 valence electrons. The Hall–Kier alpha value is -4.67. The zero-order valence-electron chi connectivity index (χ0n) is 20.9. The third kappa shape index (κ3) is 4.58. The summed E-state index contributed by atoms with van der Waals surface area (Å²) in [7, 11) is -3.53. The molecule has 0 radical (unpaired) electrons. The van der Waals surface area contributed by atoms with Gasteiger partial charge in [0.1, 0.15) is 23.1 Å². The number of aliphatic hydroxyl groups is 1. The number of fused-ring (bicyclic) bond motifs is 1. The number of hydrogen-bond acceptors (Lipinski definition) is 10. The minimum absolute atomic E-state index is 0.0547. The molecule has 4 aromatic heterocycles. The van der Waals surface area contributed by atoms with Crippen LogP contribution < -0.4 is 5.32 Å². The highest BCUT2D eigenvalue weighted by molar-refractivity contribution is 7.90. The highest BCUT2D eigenvalue weighted by atomic mass is 32.2. The Morgan fingerprint density at radius 1 is 1.11 bits per heavy atom. The van der Waals surface area contributed by atoms with Gasteiger partial charge in [0.2, 0.25) is 0 Å². The molecule has 0 aliphatic carbocycles. The molecule has 0 bridgehead atoms. The van der Waals surface area contributed by atoms with Crippen LogP contribution in [0.1, 0.15) is 35.7 Å². The van der Waals surface area contributed by atoms with Gasteiger partial charge >= 0.3 is 0 Å². The van der Waals surface area contributed by atoms with Crippen LogP contribution in [0.15, 0.2) is 53.7 Å². The van der Waals surface area contributed by atoms with Crippen LogP contribution in [0.5, 0.6) is 0 Å². The van der Waals surface area contributed by atoms with Crippen molar-refractivity contribution in [2.75, 3.05) is 11.6 Å². The number of rotatable bonds is 6. The first-order valence-electron chi connectivity index (χ1n) is 11.5. The Kier molecular flexibility index (Phi) is 6.14. The smallest absolute Gasteiger partial charge is 0.179 e. The lowest BCUT2D eigenvalue weighted by molar-refractivity contribution is 0.198. The fourth-order valence-electron chi connectivity index (χ4n) is 4.07. The van der Waals surface area contributed by atoms with Gasteiger partial charge in [-0.05, 0) is 63.2 Å². The summed E-state index contributed by atoms with van der Waals surface area (Å²) in [6, 6.07) is 14.0. The molecule has 0 fully saturated rings. The average Bonchev–Trinajstić information content (AvgIpc) is 3.47. The van der Waals surface area contributed by atoms with Crippen LogP contribution in [0.4, 0.5) is 11.5 Å². The number of benzene rings is 1. The first kappa shape index (κ1) is 25.0. The first-order chi connectivity index (χ1) is 18.0. The SMILES string of the molecule is Cc1cc(S(C)(=O)=O)c(Nc2ccc3c(c2)ncn3-c2ccc(C(C)O)c(-n3nc(C#N)cc3C)n2)nn1. The van der Waals surface area contributed by atoms with Gasteiger partial charge in [-0.15, -0.1) is 5.10 Å². The third-order valence-corrected chi connectivity index (χ3v) is 6.99. The molecule has 5 rings (SSSR count). The topological polar surface area (TPSA) is 164 Å². The third-order valence-electron chi connectivity index (χ3n) is 5.88. The van der Waals surface area contributed by atoms with Crippen LogP contribution in [0.2, 0.25) is 0 Å². The lowest BCUT2D eigenvalue weighted by Crippen LogP contribution is -2.10. The predicted molar refractivity (Wildman–Crippen MR) is 139 cm³/mol. The van der Waals surface area contributed by atoms with Gasteiger partial charge in [0.05, 0.1) is 22.8 Å². The molecule has 5 aromatic rings. The van der Waals surface area contributed by atoms with E-state index < -0.39 is 15.9 Å². The normalized spacial score (nSPS) is 12.4. The molecule has 1 atom stereocenters. The van der Waals surface area contributed by atoms with Gasteiger partial charge < -0.3 is 10.4 Å². The summed E-state index contributed by atoms with van der Waals surface area (Å²) in [6.07, 6.45) is 1.93. The second-order valence-corrected chi connectivity index (χ2v) is 10.9. The number of pyridine rings is 1. The van der Waals surface area contributed by atoms with E-state index in [1.807, 2.05) is 19.1 Å². The van der Waals surface area contributed by atoms with Crippen molar-refractivity contribution in [2.24, 2.45) is 0 Å². The monoisotopic (exact) mass is 529 g/mol. The molecule has 0 aliphatic rings. The molecule has 4 heterocycles. The molecule has 0 aliphatic heterocycles. The molecule has 0 amide bonds. The number of nitrogens with one attached hydrogen (secondary N) is 1. The van der Waals surface area contributed by atoms with Crippen molar-refractivity contribution < 1.29 is 13.5 Å². The van der Waals surface area contributed by atoms with Gasteiger partial charge in [-0.25, -0.2) is 23.1 Å². The van der Waals surface area contributed by atoms with E-state index in [0.29, 0.717) is 39.8 Å². The Morgan fingerprint density at radius 2 is 1.89 bits per heavy atom. The van der Waals surface area contributed by atoms with Crippen molar-refractivity contribution in [1.82, 2.24) is 34.5 Å². The Bertz CT molecular complexity index is 1850. The fourth-order valence-corrected chi connectivity index (χ4v) is 4.89. The van der Waals surface area contributed by atoms with Crippen molar-refractivity contribution in [3.63, 3.8) is 0 Å². The number of imidazole rings is 1. The molecule has 1 unspecified atom stereocenters. The number of nitrogens with zero attached hydrogens (tertiary/aromatic N) is 8. The van der Waals surface area contributed by atoms with E-state index in [0.717, 1.165) is 11.8 Å². The van der Waals surface area contributed by atoms with Crippen LogP contribution in [0.3, 0.4) is 0 Å². The molecule has 38 heavy (non-hydrogen) atoms. The van der Waals surface area contributed by atoms with Crippen LogP contribution >= 0.6 is 0 Å². The van der Waals surface area contributed by atoms with Gasteiger partial charge in [0, 0.05) is 23.2 Å². The zero-order valence-corrected chi connectivity index (χ0v) is 21.8. The summed E-state index contributed by atoms with van der Waals surface area (Å²) < 4.78 is 27.8. The van der Waals surface area contributed by atoms with Gasteiger partial charge in [-0.2, -0.15) is 15.5 Å². The summed E-state index contributed by atoms with van der Waals surface area (Å²) in [5, 5.41) is 34.9. The summed E-state index contributed by atoms with van der Waals surface area (Å²) in [6.45, 7) is 5.12. The van der Waals surface area contributed by atoms with E-state index in [1.165, 1.54) is 10.7 Å². The van der Waals surface area contributed by atoms with Crippen molar-refractivity contribution >= 4 is 32.4 Å². The van der Waals surface area contributed by atoms with Gasteiger partial charge in [0.25, 0.3) is 0 Å². The summed E-state index contributed by atoms with van der Waals surface area (Å²) in [5.41, 5.74) is 3.95. The van der Waals surface area contributed by atoms with E-state index in [4.69, 9.17) is 4.98 Å². The highest BCUT2D eigenvalue weighted by Crippen LogP contribution is 2.28. The molecule has 0 spiro atoms. The molecule has 1 aromatic carbocycles. The standard InChI is InChI=1S/C25H23N9O3S/c1-14-9-22(38(4,36)37)24(31-30-14)28-17-5-7-21-20(11-17)27-13-33(21)23-8-6-19(16(3)35)25(29-23)34-15(2)10-18(12-26)32-34/h5-11,13,16,35H,1-4H3,(H,28,31). The number of sulfone groups is 1. The highest BCUT2D eigenvalue weighted by Gasteiger charge is 2.19. The molecular weight excluding hydrogens is 506 g/mol. The Morgan fingerprint density at radius 3 is 2.58 bits per heavy atom. The van der Waals surface area contributed by atoms with Crippen LogP contribution in [0.25, 0.3) is 22.7 Å². The van der Waals surface area contributed by atoms with Crippen molar-refractivity contribution in [1.29, 1.82) is 5.26 Å². The maximum Gasteiger partial charge on any atom is 0.179 e. The maximum absolute atomic E-state index is 12.2. The Balaban J connectivity index is 1.55. The second kappa shape index (κ2) is 9.33. The lowest BCUT2D eigenvalue weighted by atomic mass is 10.1. The molecule has 0 saturated heterocycles. The van der Waals surface area contributed by atoms with E-state index in [-0.39, 0.29) is 16.4 Å². The zero-order chi connectivity index (χ0) is 27.2. The molecule has 13 heteroatoms. The number of aromatic nitrogens is 7. The predicted octanol–water partition coefficient (Wildman–Crippen LogP) is 3.09. The molecular formula is C25H23N9O3S. The largest absolute Gasteiger partial charge is 0.389 e. The minimum atomic E-state index is -3.53. The van der Waals surface area contributed by atoms with E-state index >= 15 is 0 Å². The lowest BCUT2D eigenvalue weighted by Gasteiger charge is -2.15. The van der Waals surface area contributed by atoms with Crippen molar-refractivity contribution in [3.05, 3.63) is 71.4 Å². The van der Waals surface area contributed by atoms with Crippen LogP contribution in [-0.2, 0) is 9.84 Å². The number of aliphatic hydroxyl groups excluding tert-OH is 1. The first-order valence-corrected chi connectivity index (χ1v) is 13.4. The average molecular weight is 530 g/mol. The minimum Gasteiger partial charge on any atom is -0.389 e. The maximum atomic E-state index is 12.2. The quantitative estimate of drug-likeness (QED) is 0.334. The number of aryl methyl sites for hydroxylation is 2. The van der Waals surface area contributed by atoms with Gasteiger partial charge in [-0.1, -0.05) is 0 Å². The molecule has 0 saturated carbocycles. The van der Waals surface area contributed by atoms with Gasteiger partial charge in [0.15, 0.2) is 27.2 Å². The molecule has 12 nitrogen and oxygen atoms in total. The van der Waals surface area contributed by atoms with E-state index in [2.05, 4.69) is 25.6 Å². The summed E-state index contributed by atoms with van der Waals surface area (Å²) in [5.74, 6) is 1.07. The number of anilines is 2. The summed E-state index contributed by atoms with van der Waals surface area (Å²) in [4.78, 5) is 9.30. The van der Waals surface area contributed by atoms with E-state index in [9.17, 15) is 18.8 Å². The van der Waals surface area contributed by atoms with Gasteiger partial charge in [-0.3, -0.25) is 4.57 Å². The van der Waals surface area contributed by atoms with E-state index in [1.54, 1.807) is 55.1 Å². The Labute approximate surface area is 218 Å². The van der Waals surface area contributed by atoms with Crippen LogP contribution in [0, 0.1) is 25.2 Å². The number of hydrogen-bond donors (Lipinski definition) is 2. The fraction of sp³-hybridized carbons (Fsp3) is 0.200. The number of nitriles is 1. The van der Waals surface area contributed by atoms with Crippen molar-refractivity contribution in [3.8, 4) is 17.7 Å². The second-order valence-electron chi connectivity index (χ2n) is 8.87. The summed E-state index contributed by atoms with van der Waals surface area (Å²) >= 11 is 0. The van der Waals surface area contributed by atoms with Crippen LogP contribution in [-0.4, -0.2) is 54.3 Å². The molecule has 2 N–H and O–H groups in total. The van der Waals surface area contributed by atoms with Crippen molar-refractivity contribution in [2.45, 2.75) is 31.8 Å².